The highest BCUT2D eigenvalue weighted by Crippen LogP contribution is 2.30. The third kappa shape index (κ3) is 2.93. The molecule has 104 valence electrons. The predicted octanol–water partition coefficient (Wildman–Crippen LogP) is 3.87. The van der Waals surface area contributed by atoms with Gasteiger partial charge in [0.05, 0.1) is 22.0 Å². The molecular formula is C14H19BrN2OS. The molecule has 0 bridgehead atoms. The van der Waals surface area contributed by atoms with Crippen molar-refractivity contribution >= 4 is 27.3 Å². The third-order valence-electron chi connectivity index (χ3n) is 3.29. The van der Waals surface area contributed by atoms with Gasteiger partial charge in [-0.25, -0.2) is 0 Å². The van der Waals surface area contributed by atoms with Gasteiger partial charge in [-0.05, 0) is 53.2 Å². The van der Waals surface area contributed by atoms with Crippen LogP contribution in [0, 0.1) is 6.92 Å². The Labute approximate surface area is 126 Å². The number of aryl methyl sites for hydroxylation is 3. The summed E-state index contributed by atoms with van der Waals surface area (Å²) in [6, 6.07) is 2.05. The maximum Gasteiger partial charge on any atom is 0.0940 e. The number of halogens is 1. The summed E-state index contributed by atoms with van der Waals surface area (Å²) in [5.74, 6) is 0. The van der Waals surface area contributed by atoms with E-state index in [2.05, 4.69) is 34.9 Å². The van der Waals surface area contributed by atoms with Crippen LogP contribution in [0.25, 0.3) is 0 Å². The molecule has 19 heavy (non-hydrogen) atoms. The molecule has 3 nitrogen and oxygen atoms in total. The van der Waals surface area contributed by atoms with Gasteiger partial charge in [0.1, 0.15) is 0 Å². The molecule has 0 radical (unpaired) electrons. The van der Waals surface area contributed by atoms with Crippen molar-refractivity contribution in [2.45, 2.75) is 46.3 Å². The highest BCUT2D eigenvalue weighted by Gasteiger charge is 2.19. The molecule has 0 amide bonds. The Morgan fingerprint density at radius 3 is 2.74 bits per heavy atom. The minimum Gasteiger partial charge on any atom is -0.387 e. The number of hydrogen-bond acceptors (Lipinski definition) is 3. The minimum absolute atomic E-state index is 0.456. The third-order valence-corrected chi connectivity index (χ3v) is 5.32. The van der Waals surface area contributed by atoms with Crippen molar-refractivity contribution in [1.29, 1.82) is 0 Å². The molecule has 2 rings (SSSR count). The van der Waals surface area contributed by atoms with Gasteiger partial charge in [-0.1, -0.05) is 6.92 Å². The summed E-state index contributed by atoms with van der Waals surface area (Å²) in [4.78, 5) is 1.05. The van der Waals surface area contributed by atoms with Crippen molar-refractivity contribution < 1.29 is 5.11 Å². The van der Waals surface area contributed by atoms with Crippen LogP contribution >= 0.6 is 27.3 Å². The van der Waals surface area contributed by atoms with Crippen molar-refractivity contribution in [3.63, 3.8) is 0 Å². The summed E-state index contributed by atoms with van der Waals surface area (Å²) in [6.45, 7) is 7.03. The minimum atomic E-state index is -0.456. The van der Waals surface area contributed by atoms with E-state index in [0.29, 0.717) is 6.42 Å². The van der Waals surface area contributed by atoms with Crippen LogP contribution in [0.3, 0.4) is 0 Å². The van der Waals surface area contributed by atoms with E-state index in [1.807, 2.05) is 23.1 Å². The fraction of sp³-hybridized carbons (Fsp3) is 0.500. The molecule has 0 aliphatic rings. The summed E-state index contributed by atoms with van der Waals surface area (Å²) in [5, 5.41) is 17.0. The Morgan fingerprint density at radius 1 is 1.47 bits per heavy atom. The number of rotatable bonds is 5. The molecule has 0 saturated heterocycles. The molecule has 0 saturated carbocycles. The van der Waals surface area contributed by atoms with Crippen LogP contribution in [0.2, 0.25) is 0 Å². The SMILES string of the molecule is CCc1nn(CC)c(CC(O)c2sccc2C)c1Br. The van der Waals surface area contributed by atoms with E-state index >= 15 is 0 Å². The Morgan fingerprint density at radius 2 is 2.21 bits per heavy atom. The second-order valence-corrected chi connectivity index (χ2v) is 6.31. The first-order chi connectivity index (χ1) is 9.08. The standard InChI is InChI=1S/C14H19BrN2OS/c1-4-10-13(15)11(17(5-2)16-10)8-12(18)14-9(3)6-7-19-14/h6-7,12,18H,4-5,8H2,1-3H3. The van der Waals surface area contributed by atoms with Crippen LogP contribution in [0.1, 0.15) is 41.8 Å². The van der Waals surface area contributed by atoms with Crippen LogP contribution in [0.4, 0.5) is 0 Å². The monoisotopic (exact) mass is 342 g/mol. The maximum absolute atomic E-state index is 10.4. The van der Waals surface area contributed by atoms with Crippen molar-refractivity contribution in [1.82, 2.24) is 9.78 Å². The van der Waals surface area contributed by atoms with Gasteiger partial charge in [0.25, 0.3) is 0 Å². The Kier molecular flexibility index (Phi) is 4.81. The lowest BCUT2D eigenvalue weighted by Crippen LogP contribution is -2.08. The number of aliphatic hydroxyl groups excluding tert-OH is 1. The predicted molar refractivity (Wildman–Crippen MR) is 82.7 cm³/mol. The Bertz CT molecular complexity index is 562. The van der Waals surface area contributed by atoms with Crippen molar-refractivity contribution in [2.75, 3.05) is 0 Å². The summed E-state index contributed by atoms with van der Waals surface area (Å²) in [5.41, 5.74) is 3.30. The molecule has 0 spiro atoms. The summed E-state index contributed by atoms with van der Waals surface area (Å²) >= 11 is 5.24. The molecule has 5 heteroatoms. The summed E-state index contributed by atoms with van der Waals surface area (Å²) in [7, 11) is 0. The van der Waals surface area contributed by atoms with E-state index in [1.54, 1.807) is 11.3 Å². The highest BCUT2D eigenvalue weighted by molar-refractivity contribution is 9.10. The normalized spacial score (nSPS) is 12.9. The summed E-state index contributed by atoms with van der Waals surface area (Å²) in [6.07, 6.45) is 1.04. The smallest absolute Gasteiger partial charge is 0.0940 e. The molecule has 0 aliphatic heterocycles. The lowest BCUT2D eigenvalue weighted by Gasteiger charge is -2.12. The molecule has 2 aromatic rings. The zero-order chi connectivity index (χ0) is 14.0. The fourth-order valence-electron chi connectivity index (χ4n) is 2.21. The fourth-order valence-corrected chi connectivity index (χ4v) is 3.85. The van der Waals surface area contributed by atoms with Gasteiger partial charge in [0.2, 0.25) is 0 Å². The van der Waals surface area contributed by atoms with Crippen molar-refractivity contribution in [3.8, 4) is 0 Å². The molecule has 0 aliphatic carbocycles. The second-order valence-electron chi connectivity index (χ2n) is 4.56. The van der Waals surface area contributed by atoms with E-state index in [9.17, 15) is 5.11 Å². The quantitative estimate of drug-likeness (QED) is 0.895. The highest BCUT2D eigenvalue weighted by atomic mass is 79.9. The number of hydrogen-bond donors (Lipinski definition) is 1. The molecular weight excluding hydrogens is 324 g/mol. The van der Waals surface area contributed by atoms with Gasteiger partial charge in [0, 0.05) is 17.8 Å². The van der Waals surface area contributed by atoms with Crippen LogP contribution in [-0.2, 0) is 19.4 Å². The number of aromatic nitrogens is 2. The number of nitrogens with zero attached hydrogens (tertiary/aromatic N) is 2. The second kappa shape index (κ2) is 6.20. The van der Waals surface area contributed by atoms with Gasteiger partial charge in [0.15, 0.2) is 0 Å². The molecule has 2 aromatic heterocycles. The average Bonchev–Trinajstić information content (AvgIpc) is 2.95. The number of thiophene rings is 1. The van der Waals surface area contributed by atoms with Gasteiger partial charge in [-0.2, -0.15) is 5.10 Å². The maximum atomic E-state index is 10.4. The topological polar surface area (TPSA) is 38.0 Å². The lowest BCUT2D eigenvalue weighted by molar-refractivity contribution is 0.178. The van der Waals surface area contributed by atoms with E-state index in [1.165, 1.54) is 0 Å². The van der Waals surface area contributed by atoms with E-state index in [-0.39, 0.29) is 0 Å². The van der Waals surface area contributed by atoms with Crippen molar-refractivity contribution in [3.05, 3.63) is 37.7 Å². The Hall–Kier alpha value is -0.650. The first-order valence-electron chi connectivity index (χ1n) is 6.54. The molecule has 1 N–H and O–H groups in total. The van der Waals surface area contributed by atoms with Gasteiger partial charge < -0.3 is 5.11 Å². The van der Waals surface area contributed by atoms with Crippen LogP contribution < -0.4 is 0 Å². The van der Waals surface area contributed by atoms with Crippen molar-refractivity contribution in [2.24, 2.45) is 0 Å². The Balaban J connectivity index is 2.28. The van der Waals surface area contributed by atoms with Gasteiger partial charge >= 0.3 is 0 Å². The molecule has 2 heterocycles. The molecule has 1 atom stereocenters. The largest absolute Gasteiger partial charge is 0.387 e. The average molecular weight is 343 g/mol. The first kappa shape index (κ1) is 14.8. The van der Waals surface area contributed by atoms with E-state index in [4.69, 9.17) is 0 Å². The van der Waals surface area contributed by atoms with Crippen LogP contribution in [-0.4, -0.2) is 14.9 Å². The first-order valence-corrected chi connectivity index (χ1v) is 8.21. The van der Waals surface area contributed by atoms with Gasteiger partial charge in [-0.3, -0.25) is 4.68 Å². The van der Waals surface area contributed by atoms with E-state index < -0.39 is 6.10 Å². The van der Waals surface area contributed by atoms with E-state index in [0.717, 1.165) is 39.3 Å². The van der Waals surface area contributed by atoms with Gasteiger partial charge in [-0.15, -0.1) is 11.3 Å². The lowest BCUT2D eigenvalue weighted by atomic mass is 10.1. The summed E-state index contributed by atoms with van der Waals surface area (Å²) < 4.78 is 3.03. The molecule has 0 aromatic carbocycles. The molecule has 1 unspecified atom stereocenters. The number of aliphatic hydroxyl groups is 1. The molecule has 0 fully saturated rings. The zero-order valence-electron chi connectivity index (χ0n) is 11.5. The van der Waals surface area contributed by atoms with Crippen LogP contribution in [0.15, 0.2) is 15.9 Å². The zero-order valence-corrected chi connectivity index (χ0v) is 13.9. The van der Waals surface area contributed by atoms with Crippen LogP contribution in [0.5, 0.6) is 0 Å².